The van der Waals surface area contributed by atoms with Crippen molar-refractivity contribution in [1.29, 1.82) is 0 Å². The van der Waals surface area contributed by atoms with Crippen molar-refractivity contribution >= 4 is 29.8 Å². The molecule has 23 nitrogen and oxygen atoms in total. The maximum atomic E-state index is 14.2. The highest BCUT2D eigenvalue weighted by Crippen LogP contribution is 2.44. The van der Waals surface area contributed by atoms with Crippen LogP contribution in [0.1, 0.15) is 23.5 Å². The van der Waals surface area contributed by atoms with E-state index in [-0.39, 0.29) is 91.6 Å². The number of hydrogen-bond acceptors (Lipinski definition) is 20. The predicted octanol–water partition coefficient (Wildman–Crippen LogP) is 1.40. The second kappa shape index (κ2) is 40.6. The Balaban J connectivity index is 1.75. The zero-order chi connectivity index (χ0) is 53.4. The van der Waals surface area contributed by atoms with Crippen molar-refractivity contribution in [3.8, 4) is 11.1 Å². The fourth-order valence-electron chi connectivity index (χ4n) is 7.22. The molecule has 0 spiro atoms. The number of fused-ring (bicyclic) bond motifs is 3. The zero-order valence-corrected chi connectivity index (χ0v) is 43.7. The first-order valence-electron chi connectivity index (χ1n) is 24.9. The number of nitrogens with zero attached hydrogens (tertiary/aromatic N) is 3. The van der Waals surface area contributed by atoms with Gasteiger partial charge in [-0.2, -0.15) is 0 Å². The van der Waals surface area contributed by atoms with Gasteiger partial charge in [0.25, 0.3) is 0 Å². The number of nitrogens with two attached hydrogens (primary N) is 1. The normalized spacial score (nSPS) is 12.3. The summed E-state index contributed by atoms with van der Waals surface area (Å²) in [4.78, 5) is 72.7. The summed E-state index contributed by atoms with van der Waals surface area (Å²) in [6.07, 6.45) is -2.03. The van der Waals surface area contributed by atoms with Crippen LogP contribution in [0.2, 0.25) is 0 Å². The van der Waals surface area contributed by atoms with Gasteiger partial charge in [-0.15, -0.1) is 0 Å². The molecule has 0 saturated heterocycles. The molecule has 0 heterocycles. The van der Waals surface area contributed by atoms with Crippen molar-refractivity contribution in [2.24, 2.45) is 5.73 Å². The lowest BCUT2D eigenvalue weighted by Gasteiger charge is -2.30. The van der Waals surface area contributed by atoms with Crippen LogP contribution in [0.3, 0.4) is 0 Å². The molecule has 0 aromatic heterocycles. The fraction of sp³-hybridized carbons (Fsp3) is 0.667. The van der Waals surface area contributed by atoms with E-state index in [1.165, 1.54) is 9.80 Å². The third kappa shape index (κ3) is 26.2. The first-order chi connectivity index (χ1) is 36.1. The number of hydrogen-bond donors (Lipinski definition) is 1. The molecular formula is C51H80N4O19. The molecule has 1 aliphatic rings. The molecule has 3 amide bonds. The lowest BCUT2D eigenvalue weighted by molar-refractivity contribution is -0.148. The Morgan fingerprint density at radius 1 is 0.446 bits per heavy atom. The molecule has 3 rings (SSSR count). The third-order valence-electron chi connectivity index (χ3n) is 11.2. The van der Waals surface area contributed by atoms with Gasteiger partial charge in [-0.05, 0) is 22.3 Å². The Morgan fingerprint density at radius 3 is 1.12 bits per heavy atom. The van der Waals surface area contributed by atoms with E-state index in [1.54, 1.807) is 28.4 Å². The maximum Gasteiger partial charge on any atom is 0.516 e. The van der Waals surface area contributed by atoms with Gasteiger partial charge in [-0.3, -0.25) is 14.4 Å². The lowest BCUT2D eigenvalue weighted by Crippen LogP contribution is -2.51. The number of carbonyl (C=O) groups excluding carboxylic acids is 5. The zero-order valence-electron chi connectivity index (χ0n) is 43.7. The number of ether oxygens (including phenoxy) is 14. The van der Waals surface area contributed by atoms with Gasteiger partial charge in [-0.25, -0.2) is 9.59 Å². The van der Waals surface area contributed by atoms with Crippen LogP contribution in [-0.2, 0) is 85.5 Å². The van der Waals surface area contributed by atoms with Crippen molar-refractivity contribution in [3.63, 3.8) is 0 Å². The summed E-state index contributed by atoms with van der Waals surface area (Å²) < 4.78 is 75.3. The summed E-state index contributed by atoms with van der Waals surface area (Å²) in [6.45, 7) is 4.97. The number of rotatable bonds is 45. The second-order valence-corrected chi connectivity index (χ2v) is 16.4. The van der Waals surface area contributed by atoms with Gasteiger partial charge in [0.05, 0.1) is 139 Å². The van der Waals surface area contributed by atoms with Crippen molar-refractivity contribution in [2.45, 2.75) is 18.4 Å². The molecule has 0 radical (unpaired) electrons. The van der Waals surface area contributed by atoms with Gasteiger partial charge in [-0.1, -0.05) is 48.5 Å². The van der Waals surface area contributed by atoms with Crippen LogP contribution < -0.4 is 5.73 Å². The Hall–Kier alpha value is -4.73. The van der Waals surface area contributed by atoms with E-state index >= 15 is 0 Å². The van der Waals surface area contributed by atoms with E-state index in [9.17, 15) is 24.0 Å². The summed E-state index contributed by atoms with van der Waals surface area (Å²) in [5, 5.41) is 0. The predicted molar refractivity (Wildman–Crippen MR) is 268 cm³/mol. The molecule has 0 fully saturated rings. The van der Waals surface area contributed by atoms with Gasteiger partial charge < -0.3 is 86.7 Å². The van der Waals surface area contributed by atoms with Crippen LogP contribution >= 0.6 is 0 Å². The van der Waals surface area contributed by atoms with Crippen molar-refractivity contribution in [2.75, 3.05) is 206 Å². The number of esters is 1. The number of carbonyl (C=O) groups is 5. The summed E-state index contributed by atoms with van der Waals surface area (Å²) in [6, 6.07) is 13.8. The van der Waals surface area contributed by atoms with E-state index in [4.69, 9.17) is 72.0 Å². The molecular weight excluding hydrogens is 973 g/mol. The molecule has 0 saturated carbocycles. The van der Waals surface area contributed by atoms with E-state index in [0.29, 0.717) is 79.3 Å². The number of benzene rings is 2. The van der Waals surface area contributed by atoms with Gasteiger partial charge in [0.1, 0.15) is 25.7 Å². The van der Waals surface area contributed by atoms with Crippen LogP contribution in [0.15, 0.2) is 48.5 Å². The Bertz CT molecular complexity index is 1720. The highest BCUT2D eigenvalue weighted by Gasteiger charge is 2.32. The first kappa shape index (κ1) is 63.6. The second-order valence-electron chi connectivity index (χ2n) is 16.4. The van der Waals surface area contributed by atoms with Gasteiger partial charge in [0.15, 0.2) is 0 Å². The molecule has 418 valence electrons. The van der Waals surface area contributed by atoms with Gasteiger partial charge >= 0.3 is 12.1 Å². The van der Waals surface area contributed by atoms with Crippen LogP contribution in [-0.4, -0.2) is 257 Å². The van der Waals surface area contributed by atoms with Gasteiger partial charge in [0.2, 0.25) is 17.7 Å². The van der Waals surface area contributed by atoms with Gasteiger partial charge in [0, 0.05) is 60.5 Å². The molecule has 23 heteroatoms. The first-order valence-corrected chi connectivity index (χ1v) is 24.9. The van der Waals surface area contributed by atoms with Crippen molar-refractivity contribution in [1.82, 2.24) is 14.7 Å². The van der Waals surface area contributed by atoms with E-state index < -0.39 is 55.4 Å². The lowest BCUT2D eigenvalue weighted by atomic mass is 9.98. The number of amides is 3. The van der Waals surface area contributed by atoms with E-state index in [1.807, 2.05) is 48.5 Å². The average Bonchev–Trinajstić information content (AvgIpc) is 3.72. The van der Waals surface area contributed by atoms with E-state index in [2.05, 4.69) is 0 Å². The average molecular weight is 1050 g/mol. The minimum absolute atomic E-state index is 0.0950. The topological polar surface area (TPSA) is 250 Å². The van der Waals surface area contributed by atoms with Crippen LogP contribution in [0.5, 0.6) is 0 Å². The van der Waals surface area contributed by atoms with Crippen LogP contribution in [0, 0.1) is 0 Å². The quantitative estimate of drug-likeness (QED) is 0.0559. The van der Waals surface area contributed by atoms with Crippen molar-refractivity contribution < 1.29 is 90.3 Å². The largest absolute Gasteiger partial charge is 0.516 e. The Kier molecular flexibility index (Phi) is 34.8. The van der Waals surface area contributed by atoms with Crippen LogP contribution in [0.25, 0.3) is 11.1 Å². The van der Waals surface area contributed by atoms with Crippen LogP contribution in [0.4, 0.5) is 4.79 Å². The molecule has 0 unspecified atom stereocenters. The minimum Gasteiger partial charge on any atom is -0.433 e. The summed E-state index contributed by atoms with van der Waals surface area (Å²) in [7, 11) is 6.29. The molecule has 2 aromatic carbocycles. The minimum atomic E-state index is -1.68. The van der Waals surface area contributed by atoms with E-state index in [0.717, 1.165) is 27.2 Å². The monoisotopic (exact) mass is 1050 g/mol. The fourth-order valence-corrected chi connectivity index (χ4v) is 7.22. The summed E-state index contributed by atoms with van der Waals surface area (Å²) in [5.41, 5.74) is 10.1. The molecule has 0 bridgehead atoms. The SMILES string of the molecule is COCCOCCOCCN(CCOCCOCCOC)C(=O)CN(CC(=O)N(CCOCCOCCOC)CCOCCOCCOC)C(=O)C[C@H](N)C(=O)OC(=O)OCC1c2ccccc2-c2ccccc21. The standard InChI is InChI=1S/C51H80N4O19/c1-61-21-25-69-33-29-65-17-13-53(14-18-66-30-34-70-26-22-62-2)48(57)38-55(39-49(58)54(15-19-67-31-35-71-27-23-63-3)16-20-68-32-36-72-28-24-64-4)47(56)37-46(52)50(59)74-51(60)73-40-45-43-11-7-5-9-41(43)42-10-6-8-12-44(42)45/h5-12,45-46H,13-40,52H2,1-4H3/t46-/m0/s1. The van der Waals surface area contributed by atoms with Crippen molar-refractivity contribution in [3.05, 3.63) is 59.7 Å². The number of methoxy groups -OCH3 is 4. The maximum absolute atomic E-state index is 14.2. The summed E-state index contributed by atoms with van der Waals surface area (Å²) in [5.74, 6) is -3.50. The molecule has 74 heavy (non-hydrogen) atoms. The molecule has 2 N–H and O–H groups in total. The smallest absolute Gasteiger partial charge is 0.433 e. The third-order valence-corrected chi connectivity index (χ3v) is 11.2. The molecule has 1 atom stereocenters. The molecule has 0 aliphatic heterocycles. The summed E-state index contributed by atoms with van der Waals surface area (Å²) >= 11 is 0. The highest BCUT2D eigenvalue weighted by molar-refractivity contribution is 5.93. The highest BCUT2D eigenvalue weighted by atomic mass is 16.7. The Morgan fingerprint density at radius 2 is 0.770 bits per heavy atom. The Labute approximate surface area is 435 Å². The molecule has 2 aromatic rings. The molecule has 1 aliphatic carbocycles.